The van der Waals surface area contributed by atoms with Gasteiger partial charge in [-0.15, -0.1) is 11.3 Å². The maximum atomic E-state index is 13.2. The number of hydrogen-bond donors (Lipinski definition) is 2. The molecule has 4 rings (SSSR count). The van der Waals surface area contributed by atoms with Gasteiger partial charge in [0.15, 0.2) is 0 Å². The molecule has 11 nitrogen and oxygen atoms in total. The zero-order valence-corrected chi connectivity index (χ0v) is 19.6. The average Bonchev–Trinajstić information content (AvgIpc) is 3.44. The number of carbonyl (C=O) groups is 3. The highest BCUT2D eigenvalue weighted by atomic mass is 79.9. The summed E-state index contributed by atoms with van der Waals surface area (Å²) in [5.41, 5.74) is -1.36. The monoisotopic (exact) mass is 538 g/mol. The molecule has 0 bridgehead atoms. The lowest BCUT2D eigenvalue weighted by Crippen LogP contribution is -2.57. The number of carbonyl (C=O) groups excluding carboxylic acids is 3. The first-order valence-electron chi connectivity index (χ1n) is 9.93. The topological polar surface area (TPSA) is 140 Å². The molecule has 2 fully saturated rings. The van der Waals surface area contributed by atoms with Gasteiger partial charge in [-0.2, -0.15) is 0 Å². The number of anilines is 2. The van der Waals surface area contributed by atoms with Gasteiger partial charge in [-0.3, -0.25) is 24.5 Å². The lowest BCUT2D eigenvalue weighted by atomic mass is 9.97. The van der Waals surface area contributed by atoms with E-state index < -0.39 is 22.3 Å². The minimum Gasteiger partial charge on any atom is -0.378 e. The summed E-state index contributed by atoms with van der Waals surface area (Å²) < 4.78 is 11.2. The second kappa shape index (κ2) is 9.55. The van der Waals surface area contributed by atoms with Crippen LogP contribution in [0.2, 0.25) is 0 Å². The molecule has 2 aliphatic rings. The van der Waals surface area contributed by atoms with Gasteiger partial charge in [0.2, 0.25) is 0 Å². The van der Waals surface area contributed by atoms with E-state index in [9.17, 15) is 24.5 Å². The molecule has 2 aromatic rings. The van der Waals surface area contributed by atoms with E-state index in [0.29, 0.717) is 4.88 Å². The van der Waals surface area contributed by atoms with Gasteiger partial charge in [0, 0.05) is 31.3 Å². The minimum absolute atomic E-state index is 0.0282. The number of nitrogens with zero attached hydrogens (tertiary/aromatic N) is 2. The Morgan fingerprint density at radius 2 is 2.03 bits per heavy atom. The molecule has 1 atom stereocenters. The lowest BCUT2D eigenvalue weighted by Gasteiger charge is -2.28. The summed E-state index contributed by atoms with van der Waals surface area (Å²) in [7, 11) is 0. The normalized spacial score (nSPS) is 20.5. The number of morpholine rings is 1. The number of benzene rings is 1. The Morgan fingerprint density at radius 1 is 1.21 bits per heavy atom. The van der Waals surface area contributed by atoms with Crippen molar-refractivity contribution in [3.8, 4) is 0 Å². The number of ether oxygens (including phenoxy) is 2. The molecule has 0 saturated carbocycles. The first kappa shape index (κ1) is 23.3. The van der Waals surface area contributed by atoms with Gasteiger partial charge >= 0.3 is 0 Å². The van der Waals surface area contributed by atoms with Crippen LogP contribution in [0.4, 0.5) is 17.1 Å². The van der Waals surface area contributed by atoms with Crippen LogP contribution in [0, 0.1) is 10.1 Å². The Morgan fingerprint density at radius 3 is 2.67 bits per heavy atom. The van der Waals surface area contributed by atoms with Crippen molar-refractivity contribution in [3.63, 3.8) is 0 Å². The molecule has 2 N–H and O–H groups in total. The van der Waals surface area contributed by atoms with E-state index in [4.69, 9.17) is 9.47 Å². The average molecular weight is 539 g/mol. The summed E-state index contributed by atoms with van der Waals surface area (Å²) in [4.78, 5) is 50.7. The van der Waals surface area contributed by atoms with E-state index in [0.717, 1.165) is 3.79 Å². The highest BCUT2D eigenvalue weighted by Crippen LogP contribution is 2.33. The number of nitrogens with one attached hydrogen (secondary N) is 2. The summed E-state index contributed by atoms with van der Waals surface area (Å²) in [6.45, 7) is 0.555. The van der Waals surface area contributed by atoms with Crippen LogP contribution in [0.1, 0.15) is 16.1 Å². The third kappa shape index (κ3) is 4.90. The fourth-order valence-electron chi connectivity index (χ4n) is 3.61. The zero-order valence-electron chi connectivity index (χ0n) is 17.2. The molecule has 0 radical (unpaired) electrons. The molecule has 2 saturated heterocycles. The molecule has 0 aliphatic carbocycles. The van der Waals surface area contributed by atoms with Crippen LogP contribution in [0.3, 0.4) is 0 Å². The van der Waals surface area contributed by atoms with Gasteiger partial charge in [0.25, 0.3) is 23.4 Å². The molecule has 1 unspecified atom stereocenters. The maximum absolute atomic E-state index is 13.2. The molecule has 33 heavy (non-hydrogen) atoms. The van der Waals surface area contributed by atoms with Crippen LogP contribution in [-0.2, 0) is 19.1 Å². The predicted molar refractivity (Wildman–Crippen MR) is 123 cm³/mol. The van der Waals surface area contributed by atoms with E-state index in [1.807, 2.05) is 0 Å². The minimum atomic E-state index is -1.32. The maximum Gasteiger partial charge on any atom is 0.295 e. The number of nitro groups is 1. The standard InChI is InChI=1S/C20H19BrN4O7S/c21-16-4-3-15(33-16)18(27)23-20(5-7-32-11-20)19(28)22-12-1-2-13(14(9-12)25(29)30)24-6-8-31-10-17(24)26/h1-4,9H,5-8,10-11H2,(H,22,28)(H,23,27). The molecular weight excluding hydrogens is 520 g/mol. The van der Waals surface area contributed by atoms with E-state index in [1.165, 1.54) is 34.4 Å². The zero-order chi connectivity index (χ0) is 23.6. The number of thiophene rings is 1. The van der Waals surface area contributed by atoms with E-state index in [1.54, 1.807) is 12.1 Å². The summed E-state index contributed by atoms with van der Waals surface area (Å²) in [6, 6.07) is 7.46. The third-order valence-corrected chi connectivity index (χ3v) is 6.94. The molecule has 174 valence electrons. The number of amides is 3. The fraction of sp³-hybridized carbons (Fsp3) is 0.350. The SMILES string of the molecule is O=C(NC1(C(=O)Nc2ccc(N3CCOCC3=O)c([N+](=O)[O-])c2)CCOC1)c1ccc(Br)s1. The van der Waals surface area contributed by atoms with Gasteiger partial charge in [-0.05, 0) is 40.2 Å². The summed E-state index contributed by atoms with van der Waals surface area (Å²) >= 11 is 4.53. The summed E-state index contributed by atoms with van der Waals surface area (Å²) in [5, 5.41) is 17.1. The van der Waals surface area contributed by atoms with Gasteiger partial charge < -0.3 is 25.0 Å². The van der Waals surface area contributed by atoms with E-state index in [-0.39, 0.29) is 62.4 Å². The molecular formula is C20H19BrN4O7S. The van der Waals surface area contributed by atoms with Crippen molar-refractivity contribution in [2.75, 3.05) is 43.2 Å². The number of rotatable bonds is 6. The van der Waals surface area contributed by atoms with Gasteiger partial charge in [-0.25, -0.2) is 0 Å². The second-order valence-corrected chi connectivity index (χ2v) is 9.92. The molecule has 1 aromatic carbocycles. The summed E-state index contributed by atoms with van der Waals surface area (Å²) in [6.07, 6.45) is 0.250. The Hall–Kier alpha value is -2.87. The van der Waals surface area contributed by atoms with Crippen LogP contribution in [0.15, 0.2) is 34.1 Å². The van der Waals surface area contributed by atoms with Crippen LogP contribution in [-0.4, -0.2) is 61.2 Å². The third-order valence-electron chi connectivity index (χ3n) is 5.31. The molecule has 2 aliphatic heterocycles. The molecule has 3 amide bonds. The van der Waals surface area contributed by atoms with Crippen LogP contribution >= 0.6 is 27.3 Å². The van der Waals surface area contributed by atoms with Crippen molar-refractivity contribution in [2.24, 2.45) is 0 Å². The fourth-order valence-corrected chi connectivity index (χ4v) is 4.90. The molecule has 3 heterocycles. The molecule has 13 heteroatoms. The lowest BCUT2D eigenvalue weighted by molar-refractivity contribution is -0.384. The quantitative estimate of drug-likeness (QED) is 0.424. The Labute approximate surface area is 200 Å². The van der Waals surface area contributed by atoms with Crippen molar-refractivity contribution in [3.05, 3.63) is 49.1 Å². The van der Waals surface area contributed by atoms with Gasteiger partial charge in [0.1, 0.15) is 17.8 Å². The first-order valence-corrected chi connectivity index (χ1v) is 11.5. The Bertz CT molecular complexity index is 1120. The van der Waals surface area contributed by atoms with Crippen molar-refractivity contribution in [2.45, 2.75) is 12.0 Å². The number of halogens is 1. The number of hydrogen-bond acceptors (Lipinski definition) is 8. The van der Waals surface area contributed by atoms with Crippen LogP contribution in [0.25, 0.3) is 0 Å². The Kier molecular flexibility index (Phi) is 6.74. The van der Waals surface area contributed by atoms with Crippen molar-refractivity contribution < 1.29 is 28.8 Å². The van der Waals surface area contributed by atoms with Gasteiger partial charge in [0.05, 0.1) is 26.8 Å². The largest absolute Gasteiger partial charge is 0.378 e. The van der Waals surface area contributed by atoms with Crippen molar-refractivity contribution in [1.82, 2.24) is 5.32 Å². The van der Waals surface area contributed by atoms with Crippen LogP contribution < -0.4 is 15.5 Å². The van der Waals surface area contributed by atoms with Crippen LogP contribution in [0.5, 0.6) is 0 Å². The van der Waals surface area contributed by atoms with Crippen molar-refractivity contribution >= 4 is 62.1 Å². The smallest absolute Gasteiger partial charge is 0.295 e. The van der Waals surface area contributed by atoms with Gasteiger partial charge in [-0.1, -0.05) is 0 Å². The van der Waals surface area contributed by atoms with E-state index in [2.05, 4.69) is 26.6 Å². The Balaban J connectivity index is 1.56. The first-order chi connectivity index (χ1) is 15.8. The predicted octanol–water partition coefficient (Wildman–Crippen LogP) is 2.31. The number of nitro benzene ring substituents is 1. The highest BCUT2D eigenvalue weighted by Gasteiger charge is 2.44. The summed E-state index contributed by atoms with van der Waals surface area (Å²) in [5.74, 6) is -1.35. The molecule has 0 spiro atoms. The second-order valence-electron chi connectivity index (χ2n) is 7.46. The molecule has 1 aromatic heterocycles. The highest BCUT2D eigenvalue weighted by molar-refractivity contribution is 9.11. The van der Waals surface area contributed by atoms with E-state index >= 15 is 0 Å². The van der Waals surface area contributed by atoms with Crippen molar-refractivity contribution in [1.29, 1.82) is 0 Å².